The smallest absolute Gasteiger partial charge is 0.127 e. The zero-order valence-electron chi connectivity index (χ0n) is 19.2. The molecule has 0 atom stereocenters. The molecule has 2 nitrogen and oxygen atoms in total. The molecule has 1 fully saturated rings. The van der Waals surface area contributed by atoms with E-state index >= 15 is 0 Å². The van der Waals surface area contributed by atoms with Gasteiger partial charge >= 0.3 is 0 Å². The van der Waals surface area contributed by atoms with E-state index in [-0.39, 0.29) is 0 Å². The van der Waals surface area contributed by atoms with E-state index in [1.807, 2.05) is 0 Å². The summed E-state index contributed by atoms with van der Waals surface area (Å²) >= 11 is 0. The molecule has 0 radical (unpaired) electrons. The van der Waals surface area contributed by atoms with E-state index in [0.29, 0.717) is 0 Å². The van der Waals surface area contributed by atoms with E-state index in [1.54, 1.807) is 0 Å². The zero-order valence-corrected chi connectivity index (χ0v) is 19.2. The fourth-order valence-corrected chi connectivity index (χ4v) is 5.74. The summed E-state index contributed by atoms with van der Waals surface area (Å²) in [5.74, 6) is 1.76. The van der Waals surface area contributed by atoms with Crippen LogP contribution in [0.1, 0.15) is 37.2 Å². The van der Waals surface area contributed by atoms with Gasteiger partial charge in [-0.1, -0.05) is 78.9 Å². The second-order valence-corrected chi connectivity index (χ2v) is 9.47. The van der Waals surface area contributed by atoms with Crippen molar-refractivity contribution >= 4 is 10.8 Å². The van der Waals surface area contributed by atoms with Crippen LogP contribution in [0.4, 0.5) is 0 Å². The van der Waals surface area contributed by atoms with Crippen molar-refractivity contribution in [2.24, 2.45) is 0 Å². The average Bonchev–Trinajstić information content (AvgIpc) is 3.21. The molecule has 2 aliphatic rings. The van der Waals surface area contributed by atoms with Crippen LogP contribution >= 0.6 is 0 Å². The highest BCUT2D eigenvalue weighted by Gasteiger charge is 2.22. The van der Waals surface area contributed by atoms with E-state index in [2.05, 4.69) is 89.8 Å². The Labute approximate surface area is 196 Å². The van der Waals surface area contributed by atoms with Crippen molar-refractivity contribution < 1.29 is 4.74 Å². The van der Waals surface area contributed by atoms with Crippen LogP contribution in [0.15, 0.2) is 84.9 Å². The lowest BCUT2D eigenvalue weighted by Gasteiger charge is -2.32. The minimum atomic E-state index is 0.737. The molecule has 1 heterocycles. The van der Waals surface area contributed by atoms with E-state index < -0.39 is 0 Å². The lowest BCUT2D eigenvalue weighted by Crippen LogP contribution is -2.33. The lowest BCUT2D eigenvalue weighted by atomic mass is 9.89. The molecule has 0 aromatic heterocycles. The van der Waals surface area contributed by atoms with Gasteiger partial charge in [0.1, 0.15) is 5.75 Å². The molecule has 1 aliphatic heterocycles. The second-order valence-electron chi connectivity index (χ2n) is 9.47. The third-order valence-corrected chi connectivity index (χ3v) is 7.49. The van der Waals surface area contributed by atoms with E-state index in [4.69, 9.17) is 4.74 Å². The molecular formula is C31H31NO. The van der Waals surface area contributed by atoms with Gasteiger partial charge in [-0.15, -0.1) is 0 Å². The molecule has 6 rings (SSSR count). The van der Waals surface area contributed by atoms with Crippen molar-refractivity contribution in [2.75, 3.05) is 26.2 Å². The quantitative estimate of drug-likeness (QED) is 0.246. The Hall–Kier alpha value is -3.10. The summed E-state index contributed by atoms with van der Waals surface area (Å²) in [6.07, 6.45) is 4.86. The number of hydrogen-bond donors (Lipinski definition) is 0. The van der Waals surface area contributed by atoms with Crippen molar-refractivity contribution in [3.63, 3.8) is 0 Å². The standard InChI is InChI=1S/C31H31NO/c1-2-9-23(10-3-1)24-17-20-32(21-18-24)19-6-7-22-33-30-16-15-28-26-12-5-4-11-25(26)27-13-8-14-29(30)31(27)28/h1-5,8-16,24H,6-7,17-22H2. The minimum Gasteiger partial charge on any atom is -0.493 e. The van der Waals surface area contributed by atoms with Gasteiger partial charge in [-0.2, -0.15) is 0 Å². The number of benzene rings is 4. The third kappa shape index (κ3) is 3.94. The number of hydrogen-bond acceptors (Lipinski definition) is 2. The van der Waals surface area contributed by atoms with Gasteiger partial charge in [0.2, 0.25) is 0 Å². The maximum absolute atomic E-state index is 6.30. The molecule has 2 heteroatoms. The summed E-state index contributed by atoms with van der Waals surface area (Å²) in [6.45, 7) is 4.40. The lowest BCUT2D eigenvalue weighted by molar-refractivity contribution is 0.202. The Morgan fingerprint density at radius 3 is 2.15 bits per heavy atom. The number of ether oxygens (including phenoxy) is 1. The molecule has 0 unspecified atom stereocenters. The van der Waals surface area contributed by atoms with Gasteiger partial charge in [0.15, 0.2) is 0 Å². The summed E-state index contributed by atoms with van der Waals surface area (Å²) in [6, 6.07) is 30.8. The molecule has 1 saturated heterocycles. The average molecular weight is 434 g/mol. The fourth-order valence-electron chi connectivity index (χ4n) is 5.74. The van der Waals surface area contributed by atoms with Crippen LogP contribution in [0.2, 0.25) is 0 Å². The van der Waals surface area contributed by atoms with Crippen LogP contribution < -0.4 is 4.74 Å². The van der Waals surface area contributed by atoms with Crippen LogP contribution in [-0.4, -0.2) is 31.1 Å². The van der Waals surface area contributed by atoms with Crippen LogP contribution in [0.5, 0.6) is 5.75 Å². The molecule has 0 saturated carbocycles. The molecule has 0 spiro atoms. The predicted molar refractivity (Wildman–Crippen MR) is 138 cm³/mol. The summed E-state index contributed by atoms with van der Waals surface area (Å²) in [5, 5.41) is 2.58. The molecule has 166 valence electrons. The van der Waals surface area contributed by atoms with Crippen LogP contribution in [0.3, 0.4) is 0 Å². The Kier molecular flexibility index (Phi) is 5.61. The highest BCUT2D eigenvalue weighted by molar-refractivity contribution is 6.16. The highest BCUT2D eigenvalue weighted by atomic mass is 16.5. The van der Waals surface area contributed by atoms with Gasteiger partial charge in [-0.3, -0.25) is 0 Å². The first-order valence-electron chi connectivity index (χ1n) is 12.4. The Morgan fingerprint density at radius 2 is 1.36 bits per heavy atom. The maximum atomic E-state index is 6.30. The number of rotatable bonds is 7. The predicted octanol–water partition coefficient (Wildman–Crippen LogP) is 7.53. The van der Waals surface area contributed by atoms with E-state index in [0.717, 1.165) is 24.7 Å². The normalized spacial score (nSPS) is 15.6. The van der Waals surface area contributed by atoms with Gasteiger partial charge in [0.05, 0.1) is 6.61 Å². The summed E-state index contributed by atoms with van der Waals surface area (Å²) in [5.41, 5.74) is 6.86. The van der Waals surface area contributed by atoms with Gasteiger partial charge in [0.25, 0.3) is 0 Å². The van der Waals surface area contributed by atoms with Crippen LogP contribution in [0, 0.1) is 0 Å². The Morgan fingerprint density at radius 1 is 0.667 bits per heavy atom. The Bertz CT molecular complexity index is 1230. The van der Waals surface area contributed by atoms with Crippen molar-refractivity contribution in [1.82, 2.24) is 4.90 Å². The molecule has 1 aliphatic carbocycles. The van der Waals surface area contributed by atoms with E-state index in [1.165, 1.54) is 77.5 Å². The maximum Gasteiger partial charge on any atom is 0.127 e. The first-order valence-corrected chi connectivity index (χ1v) is 12.4. The minimum absolute atomic E-state index is 0.737. The second kappa shape index (κ2) is 9.03. The number of likely N-dealkylation sites (tertiary alicyclic amines) is 1. The SMILES string of the molecule is c1ccc(C2CCN(CCCCOc3ccc4c5c(cccc35)-c3ccccc3-4)CC2)cc1. The van der Waals surface area contributed by atoms with Gasteiger partial charge < -0.3 is 9.64 Å². The third-order valence-electron chi connectivity index (χ3n) is 7.49. The molecule has 0 amide bonds. The largest absolute Gasteiger partial charge is 0.493 e. The molecule has 0 bridgehead atoms. The highest BCUT2D eigenvalue weighted by Crippen LogP contribution is 2.49. The van der Waals surface area contributed by atoms with Gasteiger partial charge in [-0.25, -0.2) is 0 Å². The molecule has 33 heavy (non-hydrogen) atoms. The number of piperidine rings is 1. The molecule has 0 N–H and O–H groups in total. The van der Waals surface area contributed by atoms with Crippen LogP contribution in [0.25, 0.3) is 33.0 Å². The molecular weight excluding hydrogens is 402 g/mol. The van der Waals surface area contributed by atoms with Crippen molar-refractivity contribution in [3.8, 4) is 28.0 Å². The fraction of sp³-hybridized carbons (Fsp3) is 0.290. The topological polar surface area (TPSA) is 12.5 Å². The first kappa shape index (κ1) is 20.5. The van der Waals surface area contributed by atoms with Crippen LogP contribution in [-0.2, 0) is 0 Å². The monoisotopic (exact) mass is 433 g/mol. The summed E-state index contributed by atoms with van der Waals surface area (Å²) < 4.78 is 6.30. The van der Waals surface area contributed by atoms with Crippen molar-refractivity contribution in [3.05, 3.63) is 90.5 Å². The van der Waals surface area contributed by atoms with Gasteiger partial charge in [-0.05, 0) is 85.1 Å². The van der Waals surface area contributed by atoms with Gasteiger partial charge in [0, 0.05) is 10.8 Å². The van der Waals surface area contributed by atoms with E-state index in [9.17, 15) is 0 Å². The van der Waals surface area contributed by atoms with Crippen molar-refractivity contribution in [2.45, 2.75) is 31.6 Å². The number of nitrogens with zero attached hydrogens (tertiary/aromatic N) is 1. The number of unbranched alkanes of at least 4 members (excludes halogenated alkanes) is 1. The summed E-state index contributed by atoms with van der Waals surface area (Å²) in [7, 11) is 0. The number of fused-ring (bicyclic) bond motifs is 3. The first-order chi connectivity index (χ1) is 16.4. The molecule has 4 aromatic rings. The van der Waals surface area contributed by atoms with Crippen molar-refractivity contribution in [1.29, 1.82) is 0 Å². The Balaban J connectivity index is 1.02. The molecule has 4 aromatic carbocycles. The summed E-state index contributed by atoms with van der Waals surface area (Å²) in [4.78, 5) is 2.63. The zero-order chi connectivity index (χ0) is 22.0.